The third-order valence-corrected chi connectivity index (χ3v) is 4.28. The first-order valence-corrected chi connectivity index (χ1v) is 6.95. The summed E-state index contributed by atoms with van der Waals surface area (Å²) >= 11 is 1.61. The van der Waals surface area contributed by atoms with Crippen molar-refractivity contribution in [3.05, 3.63) is 17.3 Å². The van der Waals surface area contributed by atoms with Gasteiger partial charge in [0, 0.05) is 18.2 Å². The van der Waals surface area contributed by atoms with Crippen molar-refractivity contribution < 1.29 is 4.74 Å². The molecule has 0 unspecified atom stereocenters. The van der Waals surface area contributed by atoms with Crippen LogP contribution in [0, 0.1) is 13.8 Å². The van der Waals surface area contributed by atoms with Gasteiger partial charge in [-0.3, -0.25) is 4.68 Å². The molecule has 100 valence electrons. The Hall–Kier alpha value is -1.66. The summed E-state index contributed by atoms with van der Waals surface area (Å²) in [5.41, 5.74) is 9.34. The number of aromatic nitrogens is 3. The number of nitrogen functional groups attached to an aromatic ring is 1. The highest BCUT2D eigenvalue weighted by molar-refractivity contribution is 7.26. The number of rotatable bonds is 3. The summed E-state index contributed by atoms with van der Waals surface area (Å²) < 4.78 is 8.08. The van der Waals surface area contributed by atoms with Crippen LogP contribution in [0.3, 0.4) is 0 Å². The quantitative estimate of drug-likeness (QED) is 0.798. The van der Waals surface area contributed by atoms with Gasteiger partial charge in [-0.05, 0) is 25.5 Å². The van der Waals surface area contributed by atoms with Gasteiger partial charge in [-0.1, -0.05) is 0 Å². The number of anilines is 1. The van der Waals surface area contributed by atoms with Crippen molar-refractivity contribution in [1.29, 1.82) is 0 Å². The molecule has 19 heavy (non-hydrogen) atoms. The molecule has 0 saturated heterocycles. The molecule has 3 rings (SSSR count). The Morgan fingerprint density at radius 3 is 2.95 bits per heavy atom. The maximum atomic E-state index is 6.01. The molecular formula is C13H16N4OS. The zero-order valence-electron chi connectivity index (χ0n) is 11.2. The molecule has 3 aromatic heterocycles. The highest BCUT2D eigenvalue weighted by Gasteiger charge is 2.17. The van der Waals surface area contributed by atoms with Crippen LogP contribution < -0.4 is 5.73 Å². The normalized spacial score (nSPS) is 11.7. The Morgan fingerprint density at radius 1 is 1.42 bits per heavy atom. The van der Waals surface area contributed by atoms with E-state index in [9.17, 15) is 0 Å². The number of hydrogen-bond acceptors (Lipinski definition) is 5. The zero-order valence-corrected chi connectivity index (χ0v) is 12.0. The van der Waals surface area contributed by atoms with Gasteiger partial charge in [0.15, 0.2) is 5.82 Å². The molecule has 0 amide bonds. The third kappa shape index (κ3) is 1.87. The van der Waals surface area contributed by atoms with Gasteiger partial charge in [-0.25, -0.2) is 4.98 Å². The lowest BCUT2D eigenvalue weighted by atomic mass is 10.1. The number of pyridine rings is 1. The standard InChI is InChI=1S/C13H16N4OS/c1-7-6-8(2)15-13-9(7)10-11(19-13)12(14)16-17(10)4-5-18-3/h6H,4-5H2,1-3H3,(H2,14,16). The van der Waals surface area contributed by atoms with Crippen molar-refractivity contribution in [2.24, 2.45) is 0 Å². The maximum absolute atomic E-state index is 6.01. The van der Waals surface area contributed by atoms with Gasteiger partial charge in [-0.2, -0.15) is 5.10 Å². The molecule has 0 aliphatic rings. The van der Waals surface area contributed by atoms with Crippen LogP contribution in [0.15, 0.2) is 6.07 Å². The van der Waals surface area contributed by atoms with Gasteiger partial charge >= 0.3 is 0 Å². The monoisotopic (exact) mass is 276 g/mol. The summed E-state index contributed by atoms with van der Waals surface area (Å²) in [5.74, 6) is 0.575. The summed E-state index contributed by atoms with van der Waals surface area (Å²) in [7, 11) is 1.69. The van der Waals surface area contributed by atoms with Crippen LogP contribution in [-0.2, 0) is 11.3 Å². The predicted molar refractivity (Wildman–Crippen MR) is 78.7 cm³/mol. The molecular weight excluding hydrogens is 260 g/mol. The van der Waals surface area contributed by atoms with Crippen LogP contribution in [0.2, 0.25) is 0 Å². The van der Waals surface area contributed by atoms with Crippen LogP contribution >= 0.6 is 11.3 Å². The Morgan fingerprint density at radius 2 is 2.21 bits per heavy atom. The molecule has 0 aromatic carbocycles. The van der Waals surface area contributed by atoms with Gasteiger partial charge in [0.2, 0.25) is 0 Å². The minimum absolute atomic E-state index is 0.575. The van der Waals surface area contributed by atoms with Crippen LogP contribution in [0.4, 0.5) is 5.82 Å². The number of nitrogens with two attached hydrogens (primary N) is 1. The topological polar surface area (TPSA) is 66.0 Å². The Kier molecular flexibility index (Phi) is 2.91. The summed E-state index contributed by atoms with van der Waals surface area (Å²) in [6.07, 6.45) is 0. The van der Waals surface area contributed by atoms with E-state index >= 15 is 0 Å². The minimum atomic E-state index is 0.575. The van der Waals surface area contributed by atoms with Gasteiger partial charge in [0.25, 0.3) is 0 Å². The molecule has 0 radical (unpaired) electrons. The van der Waals surface area contributed by atoms with E-state index < -0.39 is 0 Å². The number of hydrogen-bond donors (Lipinski definition) is 1. The Balaban J connectivity index is 2.34. The number of fused-ring (bicyclic) bond motifs is 3. The van der Waals surface area contributed by atoms with Gasteiger partial charge in [0.1, 0.15) is 4.83 Å². The average Bonchev–Trinajstić information content (AvgIpc) is 2.85. The molecule has 3 heterocycles. The van der Waals surface area contributed by atoms with Gasteiger partial charge < -0.3 is 10.5 Å². The van der Waals surface area contributed by atoms with E-state index in [1.54, 1.807) is 18.4 Å². The van der Waals surface area contributed by atoms with Crippen molar-refractivity contribution >= 4 is 37.6 Å². The first-order chi connectivity index (χ1) is 9.11. The number of nitrogens with zero attached hydrogens (tertiary/aromatic N) is 3. The van der Waals surface area contributed by atoms with Crippen LogP contribution in [0.5, 0.6) is 0 Å². The lowest BCUT2D eigenvalue weighted by molar-refractivity contribution is 0.185. The molecule has 0 saturated carbocycles. The maximum Gasteiger partial charge on any atom is 0.163 e. The van der Waals surface area contributed by atoms with Crippen molar-refractivity contribution in [2.45, 2.75) is 20.4 Å². The number of methoxy groups -OCH3 is 1. The predicted octanol–water partition coefficient (Wildman–Crippen LogP) is 2.49. The highest BCUT2D eigenvalue weighted by atomic mass is 32.1. The van der Waals surface area contributed by atoms with E-state index in [1.165, 1.54) is 5.56 Å². The van der Waals surface area contributed by atoms with E-state index in [2.05, 4.69) is 23.1 Å². The molecule has 6 heteroatoms. The van der Waals surface area contributed by atoms with Crippen molar-refractivity contribution in [3.63, 3.8) is 0 Å². The van der Waals surface area contributed by atoms with Crippen molar-refractivity contribution in [3.8, 4) is 0 Å². The number of thiophene rings is 1. The molecule has 0 atom stereocenters. The van der Waals surface area contributed by atoms with Crippen LogP contribution in [-0.4, -0.2) is 28.5 Å². The minimum Gasteiger partial charge on any atom is -0.383 e. The second-order valence-corrected chi connectivity index (χ2v) is 5.64. The Labute approximate surface area is 115 Å². The van der Waals surface area contributed by atoms with Crippen molar-refractivity contribution in [1.82, 2.24) is 14.8 Å². The second-order valence-electron chi connectivity index (χ2n) is 4.64. The molecule has 2 N–H and O–H groups in total. The summed E-state index contributed by atoms with van der Waals surface area (Å²) in [4.78, 5) is 5.63. The molecule has 3 aromatic rings. The average molecular weight is 276 g/mol. The fourth-order valence-electron chi connectivity index (χ4n) is 2.41. The number of ether oxygens (including phenoxy) is 1. The molecule has 0 aliphatic heterocycles. The molecule has 0 aliphatic carbocycles. The van der Waals surface area contributed by atoms with E-state index in [1.807, 2.05) is 11.6 Å². The zero-order chi connectivity index (χ0) is 13.6. The lowest BCUT2D eigenvalue weighted by Crippen LogP contribution is -2.06. The van der Waals surface area contributed by atoms with Crippen LogP contribution in [0.25, 0.3) is 20.4 Å². The fraction of sp³-hybridized carbons (Fsp3) is 0.385. The summed E-state index contributed by atoms with van der Waals surface area (Å²) in [6.45, 7) is 5.43. The Bertz CT molecular complexity index is 759. The molecule has 0 bridgehead atoms. The number of aryl methyl sites for hydroxylation is 2. The van der Waals surface area contributed by atoms with E-state index in [-0.39, 0.29) is 0 Å². The smallest absolute Gasteiger partial charge is 0.163 e. The van der Waals surface area contributed by atoms with E-state index in [0.29, 0.717) is 19.0 Å². The SMILES string of the molecule is COCCn1nc(N)c2sc3nc(C)cc(C)c3c21. The lowest BCUT2D eigenvalue weighted by Gasteiger charge is -2.04. The third-order valence-electron chi connectivity index (χ3n) is 3.19. The first kappa shape index (κ1) is 12.4. The molecule has 0 fully saturated rings. The van der Waals surface area contributed by atoms with Gasteiger partial charge in [0.05, 0.1) is 23.4 Å². The van der Waals surface area contributed by atoms with Crippen LogP contribution in [0.1, 0.15) is 11.3 Å². The van der Waals surface area contributed by atoms with Crippen molar-refractivity contribution in [2.75, 3.05) is 19.5 Å². The molecule has 5 nitrogen and oxygen atoms in total. The summed E-state index contributed by atoms with van der Waals surface area (Å²) in [5, 5.41) is 5.56. The van der Waals surface area contributed by atoms with E-state index in [4.69, 9.17) is 10.5 Å². The molecule has 0 spiro atoms. The largest absolute Gasteiger partial charge is 0.383 e. The van der Waals surface area contributed by atoms with Gasteiger partial charge in [-0.15, -0.1) is 11.3 Å². The second kappa shape index (κ2) is 4.47. The summed E-state index contributed by atoms with van der Waals surface area (Å²) in [6, 6.07) is 2.10. The first-order valence-electron chi connectivity index (χ1n) is 6.13. The fourth-order valence-corrected chi connectivity index (χ4v) is 3.60. The highest BCUT2D eigenvalue weighted by Crippen LogP contribution is 2.37. The van der Waals surface area contributed by atoms with E-state index in [0.717, 1.165) is 26.1 Å².